The topological polar surface area (TPSA) is 41.6 Å². The minimum atomic E-state index is 0.676. The smallest absolute Gasteiger partial charge is 0.153 e. The number of aromatic amines is 1. The van der Waals surface area contributed by atoms with Crippen molar-refractivity contribution in [3.05, 3.63) is 11.6 Å². The molecule has 0 bridgehead atoms. The molecule has 3 nitrogen and oxygen atoms in total. The Labute approximate surface area is 98.1 Å². The lowest BCUT2D eigenvalue weighted by Crippen LogP contribution is -1.89. The van der Waals surface area contributed by atoms with E-state index in [2.05, 4.69) is 22.1 Å². The summed E-state index contributed by atoms with van der Waals surface area (Å²) in [4.78, 5) is 4.54. The van der Waals surface area contributed by atoms with Gasteiger partial charge in [-0.15, -0.1) is 0 Å². The molecule has 0 spiro atoms. The fourth-order valence-electron chi connectivity index (χ4n) is 2.02. The normalized spacial score (nSPS) is 15.6. The molecule has 3 heteroatoms. The van der Waals surface area contributed by atoms with Crippen molar-refractivity contribution in [2.75, 3.05) is 0 Å². The number of H-pyrrole nitrogens is 1. The van der Waals surface area contributed by atoms with E-state index in [4.69, 9.17) is 0 Å². The van der Waals surface area contributed by atoms with Gasteiger partial charge >= 0.3 is 0 Å². The third-order valence-electron chi connectivity index (χ3n) is 3.26. The van der Waals surface area contributed by atoms with Gasteiger partial charge in [0.15, 0.2) is 5.82 Å². The summed E-state index contributed by atoms with van der Waals surface area (Å²) in [6, 6.07) is 0. The van der Waals surface area contributed by atoms with E-state index >= 15 is 0 Å². The Balaban J connectivity index is 1.57. The third kappa shape index (κ3) is 3.62. The maximum absolute atomic E-state index is 4.54. The van der Waals surface area contributed by atoms with Crippen LogP contribution < -0.4 is 0 Å². The molecule has 1 heterocycles. The van der Waals surface area contributed by atoms with Crippen LogP contribution in [0.3, 0.4) is 0 Å². The number of aryl methyl sites for hydroxylation is 1. The van der Waals surface area contributed by atoms with Gasteiger partial charge in [-0.05, 0) is 19.3 Å². The molecule has 1 aliphatic carbocycles. The van der Waals surface area contributed by atoms with Crippen molar-refractivity contribution in [3.63, 3.8) is 0 Å². The van der Waals surface area contributed by atoms with E-state index in [9.17, 15) is 0 Å². The molecule has 1 aromatic rings. The van der Waals surface area contributed by atoms with Gasteiger partial charge in [-0.2, -0.15) is 5.10 Å². The summed E-state index contributed by atoms with van der Waals surface area (Å²) in [5.74, 6) is 2.83. The fourth-order valence-corrected chi connectivity index (χ4v) is 2.02. The van der Waals surface area contributed by atoms with E-state index < -0.39 is 0 Å². The molecular weight excluding hydrogens is 198 g/mol. The lowest BCUT2D eigenvalue weighted by atomic mass is 10.1. The van der Waals surface area contributed by atoms with Gasteiger partial charge in [0, 0.05) is 12.3 Å². The number of hydrogen-bond donors (Lipinski definition) is 1. The van der Waals surface area contributed by atoms with Crippen LogP contribution in [0.2, 0.25) is 0 Å². The number of hydrogen-bond acceptors (Lipinski definition) is 2. The molecule has 1 N–H and O–H groups in total. The van der Waals surface area contributed by atoms with Gasteiger partial charge < -0.3 is 0 Å². The molecule has 0 amide bonds. The number of rotatable bonds is 8. The Morgan fingerprint density at radius 2 is 1.88 bits per heavy atom. The first kappa shape index (κ1) is 11.6. The van der Waals surface area contributed by atoms with Crippen LogP contribution in [0.4, 0.5) is 0 Å². The first-order valence-electron chi connectivity index (χ1n) is 6.81. The highest BCUT2D eigenvalue weighted by Crippen LogP contribution is 2.37. The van der Waals surface area contributed by atoms with E-state index in [0.717, 1.165) is 18.1 Å². The van der Waals surface area contributed by atoms with Crippen molar-refractivity contribution >= 4 is 0 Å². The van der Waals surface area contributed by atoms with Crippen molar-refractivity contribution in [3.8, 4) is 0 Å². The van der Waals surface area contributed by atoms with Gasteiger partial charge in [-0.25, -0.2) is 4.98 Å². The highest BCUT2D eigenvalue weighted by Gasteiger charge is 2.27. The molecule has 90 valence electrons. The molecule has 16 heavy (non-hydrogen) atoms. The summed E-state index contributed by atoms with van der Waals surface area (Å²) < 4.78 is 0. The van der Waals surface area contributed by atoms with E-state index in [0.29, 0.717) is 5.92 Å². The Kier molecular flexibility index (Phi) is 4.37. The second-order valence-corrected chi connectivity index (χ2v) is 4.93. The maximum atomic E-state index is 4.54. The molecule has 0 radical (unpaired) electrons. The van der Waals surface area contributed by atoms with Gasteiger partial charge in [-0.3, -0.25) is 5.10 Å². The third-order valence-corrected chi connectivity index (χ3v) is 3.26. The molecule has 2 rings (SSSR count). The Morgan fingerprint density at radius 3 is 2.62 bits per heavy atom. The monoisotopic (exact) mass is 221 g/mol. The van der Waals surface area contributed by atoms with Gasteiger partial charge in [-0.1, -0.05) is 39.0 Å². The molecule has 0 unspecified atom stereocenters. The second-order valence-electron chi connectivity index (χ2n) is 4.93. The molecule has 0 saturated heterocycles. The standard InChI is InChI=1S/C13H23N3/c1-2-3-4-5-6-7-8-12-14-13(16-15-12)11-9-10-11/h11H,2-10H2,1H3,(H,14,15,16). The van der Waals surface area contributed by atoms with Crippen molar-refractivity contribution < 1.29 is 0 Å². The summed E-state index contributed by atoms with van der Waals surface area (Å²) in [7, 11) is 0. The Hall–Kier alpha value is -0.860. The fraction of sp³-hybridized carbons (Fsp3) is 0.846. The van der Waals surface area contributed by atoms with Gasteiger partial charge in [0.2, 0.25) is 0 Å². The summed E-state index contributed by atoms with van der Waals surface area (Å²) in [5, 5.41) is 7.34. The molecule has 0 aromatic carbocycles. The maximum Gasteiger partial charge on any atom is 0.153 e. The van der Waals surface area contributed by atoms with E-state index in [1.807, 2.05) is 0 Å². The van der Waals surface area contributed by atoms with Crippen LogP contribution in [0.25, 0.3) is 0 Å². The lowest BCUT2D eigenvalue weighted by molar-refractivity contribution is 0.601. The SMILES string of the molecule is CCCCCCCCc1nc(C2CC2)n[nH]1. The van der Waals surface area contributed by atoms with Gasteiger partial charge in [0.25, 0.3) is 0 Å². The summed E-state index contributed by atoms with van der Waals surface area (Å²) in [6.45, 7) is 2.26. The van der Waals surface area contributed by atoms with Gasteiger partial charge in [0.05, 0.1) is 0 Å². The number of aromatic nitrogens is 3. The van der Waals surface area contributed by atoms with Crippen LogP contribution >= 0.6 is 0 Å². The molecule has 1 fully saturated rings. The van der Waals surface area contributed by atoms with Crippen molar-refractivity contribution in [2.45, 2.75) is 70.6 Å². The van der Waals surface area contributed by atoms with Crippen molar-refractivity contribution in [1.29, 1.82) is 0 Å². The number of nitrogens with zero attached hydrogens (tertiary/aromatic N) is 2. The van der Waals surface area contributed by atoms with Crippen LogP contribution in [-0.2, 0) is 6.42 Å². The van der Waals surface area contributed by atoms with Crippen LogP contribution in [0.1, 0.15) is 75.9 Å². The molecule has 1 aromatic heterocycles. The lowest BCUT2D eigenvalue weighted by Gasteiger charge is -1.98. The summed E-state index contributed by atoms with van der Waals surface area (Å²) in [6.07, 6.45) is 11.7. The Morgan fingerprint density at radius 1 is 1.12 bits per heavy atom. The van der Waals surface area contributed by atoms with E-state index in [1.165, 1.54) is 51.4 Å². The molecular formula is C13H23N3. The zero-order valence-electron chi connectivity index (χ0n) is 10.3. The van der Waals surface area contributed by atoms with E-state index in [1.54, 1.807) is 0 Å². The number of nitrogens with one attached hydrogen (secondary N) is 1. The highest BCUT2D eigenvalue weighted by molar-refractivity contribution is 5.04. The summed E-state index contributed by atoms with van der Waals surface area (Å²) in [5.41, 5.74) is 0. The predicted molar refractivity (Wildman–Crippen MR) is 65.4 cm³/mol. The van der Waals surface area contributed by atoms with E-state index in [-0.39, 0.29) is 0 Å². The van der Waals surface area contributed by atoms with Crippen molar-refractivity contribution in [2.24, 2.45) is 0 Å². The quantitative estimate of drug-likeness (QED) is 0.682. The first-order valence-corrected chi connectivity index (χ1v) is 6.81. The average Bonchev–Trinajstić information content (AvgIpc) is 3.04. The second kappa shape index (κ2) is 6.02. The minimum absolute atomic E-state index is 0.676. The molecule has 0 atom stereocenters. The Bertz CT molecular complexity index is 302. The summed E-state index contributed by atoms with van der Waals surface area (Å²) >= 11 is 0. The van der Waals surface area contributed by atoms with Crippen LogP contribution in [-0.4, -0.2) is 15.2 Å². The molecule has 0 aliphatic heterocycles. The minimum Gasteiger partial charge on any atom is -0.263 e. The van der Waals surface area contributed by atoms with Crippen molar-refractivity contribution in [1.82, 2.24) is 15.2 Å². The first-order chi connectivity index (χ1) is 7.90. The van der Waals surface area contributed by atoms with Crippen LogP contribution in [0.15, 0.2) is 0 Å². The molecule has 1 aliphatic rings. The number of unbranched alkanes of at least 4 members (excludes halogenated alkanes) is 5. The van der Waals surface area contributed by atoms with Crippen LogP contribution in [0.5, 0.6) is 0 Å². The van der Waals surface area contributed by atoms with Gasteiger partial charge in [0.1, 0.15) is 5.82 Å². The average molecular weight is 221 g/mol. The zero-order valence-corrected chi connectivity index (χ0v) is 10.3. The molecule has 1 saturated carbocycles. The highest BCUT2D eigenvalue weighted by atomic mass is 15.2. The largest absolute Gasteiger partial charge is 0.263 e. The zero-order chi connectivity index (χ0) is 11.2. The predicted octanol–water partition coefficient (Wildman–Crippen LogP) is 3.59. The van der Waals surface area contributed by atoms with Crippen LogP contribution in [0, 0.1) is 0 Å².